The minimum absolute atomic E-state index is 0.0317. The molecule has 118 valence electrons. The zero-order valence-electron chi connectivity index (χ0n) is 12.4. The van der Waals surface area contributed by atoms with E-state index in [-0.39, 0.29) is 12.3 Å². The highest BCUT2D eigenvalue weighted by molar-refractivity contribution is 5.99. The topological polar surface area (TPSA) is 93.8 Å². The van der Waals surface area contributed by atoms with Crippen molar-refractivity contribution in [2.45, 2.75) is 6.92 Å². The first kappa shape index (κ1) is 16.2. The molecule has 0 unspecified atom stereocenters. The summed E-state index contributed by atoms with van der Waals surface area (Å²) in [5, 5.41) is 14.7. The average Bonchev–Trinajstić information content (AvgIpc) is 2.58. The molecule has 0 aliphatic heterocycles. The molecule has 2 rings (SSSR count). The van der Waals surface area contributed by atoms with Gasteiger partial charge in [-0.25, -0.2) is 5.43 Å². The maximum atomic E-state index is 11.7. The van der Waals surface area contributed by atoms with Crippen LogP contribution in [0.2, 0.25) is 0 Å². The number of nitrogens with zero attached hydrogens (tertiary/aromatic N) is 2. The van der Waals surface area contributed by atoms with Crippen molar-refractivity contribution in [2.24, 2.45) is 5.10 Å². The van der Waals surface area contributed by atoms with Crippen molar-refractivity contribution in [3.05, 3.63) is 70.3 Å². The summed E-state index contributed by atoms with van der Waals surface area (Å²) in [4.78, 5) is 21.9. The van der Waals surface area contributed by atoms with Crippen LogP contribution in [0.4, 0.5) is 5.69 Å². The van der Waals surface area contributed by atoms with Gasteiger partial charge in [-0.05, 0) is 19.1 Å². The van der Waals surface area contributed by atoms with Crippen LogP contribution in [0.1, 0.15) is 12.5 Å². The molecule has 0 radical (unpaired) electrons. The van der Waals surface area contributed by atoms with Crippen LogP contribution < -0.4 is 10.2 Å². The first-order valence-electron chi connectivity index (χ1n) is 6.82. The van der Waals surface area contributed by atoms with Crippen LogP contribution in [0.15, 0.2) is 59.7 Å². The Labute approximate surface area is 132 Å². The molecule has 1 amide bonds. The smallest absolute Gasteiger partial charge is 0.277 e. The van der Waals surface area contributed by atoms with Gasteiger partial charge in [-0.15, -0.1) is 0 Å². The molecule has 0 saturated heterocycles. The molecule has 0 fully saturated rings. The Hall–Kier alpha value is -3.22. The van der Waals surface area contributed by atoms with Crippen molar-refractivity contribution in [3.8, 4) is 5.75 Å². The largest absolute Gasteiger partial charge is 0.484 e. The highest BCUT2D eigenvalue weighted by Crippen LogP contribution is 2.13. The lowest BCUT2D eigenvalue weighted by Gasteiger charge is -2.05. The van der Waals surface area contributed by atoms with E-state index < -0.39 is 10.8 Å². The molecule has 0 aliphatic carbocycles. The Morgan fingerprint density at radius 3 is 2.65 bits per heavy atom. The second-order valence-corrected chi connectivity index (χ2v) is 4.64. The van der Waals surface area contributed by atoms with Crippen LogP contribution in [0.3, 0.4) is 0 Å². The molecule has 7 nitrogen and oxygen atoms in total. The zero-order valence-corrected chi connectivity index (χ0v) is 12.4. The molecular weight excluding hydrogens is 298 g/mol. The molecule has 0 saturated carbocycles. The van der Waals surface area contributed by atoms with E-state index in [0.717, 1.165) is 0 Å². The van der Waals surface area contributed by atoms with Crippen LogP contribution in [0.25, 0.3) is 0 Å². The molecule has 1 N–H and O–H groups in total. The van der Waals surface area contributed by atoms with E-state index >= 15 is 0 Å². The molecule has 0 aliphatic rings. The van der Waals surface area contributed by atoms with E-state index in [2.05, 4.69) is 10.5 Å². The SMILES string of the molecule is CC(=NNC(=O)COc1ccccc1)c1cccc([N+](=O)[O-])c1. The normalized spacial score (nSPS) is 10.9. The molecule has 0 spiro atoms. The summed E-state index contributed by atoms with van der Waals surface area (Å²) in [6.07, 6.45) is 0. The van der Waals surface area contributed by atoms with Gasteiger partial charge < -0.3 is 4.74 Å². The number of hydrogen-bond donors (Lipinski definition) is 1. The summed E-state index contributed by atoms with van der Waals surface area (Å²) < 4.78 is 5.29. The van der Waals surface area contributed by atoms with Crippen molar-refractivity contribution in [3.63, 3.8) is 0 Å². The number of nitro groups is 1. The number of carbonyl (C=O) groups is 1. The molecule has 23 heavy (non-hydrogen) atoms. The van der Waals surface area contributed by atoms with Crippen molar-refractivity contribution in [1.82, 2.24) is 5.43 Å². The minimum atomic E-state index is -0.483. The number of hydrazone groups is 1. The van der Waals surface area contributed by atoms with Crippen molar-refractivity contribution < 1.29 is 14.5 Å². The maximum absolute atomic E-state index is 11.7. The van der Waals surface area contributed by atoms with Gasteiger partial charge in [0.2, 0.25) is 0 Å². The fraction of sp³-hybridized carbons (Fsp3) is 0.125. The fourth-order valence-corrected chi connectivity index (χ4v) is 1.75. The number of hydrogen-bond acceptors (Lipinski definition) is 5. The molecular formula is C16H15N3O4. The number of non-ortho nitro benzene ring substituents is 1. The van der Waals surface area contributed by atoms with Gasteiger partial charge in [-0.3, -0.25) is 14.9 Å². The lowest BCUT2D eigenvalue weighted by Crippen LogP contribution is -2.25. The minimum Gasteiger partial charge on any atom is -0.484 e. The maximum Gasteiger partial charge on any atom is 0.277 e. The molecule has 2 aromatic carbocycles. The predicted molar refractivity (Wildman–Crippen MR) is 85.4 cm³/mol. The number of nitro benzene ring substituents is 1. The quantitative estimate of drug-likeness (QED) is 0.503. The lowest BCUT2D eigenvalue weighted by atomic mass is 10.1. The van der Waals surface area contributed by atoms with Crippen LogP contribution in [0.5, 0.6) is 5.75 Å². The molecule has 2 aromatic rings. The molecule has 7 heteroatoms. The van der Waals surface area contributed by atoms with Crippen molar-refractivity contribution in [1.29, 1.82) is 0 Å². The third kappa shape index (κ3) is 4.92. The Bertz CT molecular complexity index is 729. The summed E-state index contributed by atoms with van der Waals surface area (Å²) in [6, 6.07) is 15.0. The summed E-state index contributed by atoms with van der Waals surface area (Å²) >= 11 is 0. The van der Waals surface area contributed by atoms with Crippen LogP contribution in [-0.4, -0.2) is 23.1 Å². The molecule has 0 heterocycles. The highest BCUT2D eigenvalue weighted by atomic mass is 16.6. The van der Waals surface area contributed by atoms with E-state index in [9.17, 15) is 14.9 Å². The van der Waals surface area contributed by atoms with Gasteiger partial charge in [-0.2, -0.15) is 5.10 Å². The summed E-state index contributed by atoms with van der Waals surface area (Å²) in [5.41, 5.74) is 3.34. The summed E-state index contributed by atoms with van der Waals surface area (Å²) in [7, 11) is 0. The first-order valence-corrected chi connectivity index (χ1v) is 6.82. The van der Waals surface area contributed by atoms with Crippen molar-refractivity contribution in [2.75, 3.05) is 6.61 Å². The number of amides is 1. The fourth-order valence-electron chi connectivity index (χ4n) is 1.75. The van der Waals surface area contributed by atoms with Crippen molar-refractivity contribution >= 4 is 17.3 Å². The lowest BCUT2D eigenvalue weighted by molar-refractivity contribution is -0.384. The van der Waals surface area contributed by atoms with Crippen LogP contribution >= 0.6 is 0 Å². The Balaban J connectivity index is 1.92. The van der Waals surface area contributed by atoms with Gasteiger partial charge in [0.25, 0.3) is 11.6 Å². The number of nitrogens with one attached hydrogen (secondary N) is 1. The van der Waals surface area contributed by atoms with Gasteiger partial charge in [0, 0.05) is 17.7 Å². The molecule has 0 aromatic heterocycles. The van der Waals surface area contributed by atoms with E-state index in [1.165, 1.54) is 12.1 Å². The second kappa shape index (κ2) is 7.69. The number of ether oxygens (including phenoxy) is 1. The number of para-hydroxylation sites is 1. The number of rotatable bonds is 6. The van der Waals surface area contributed by atoms with Crippen LogP contribution in [0, 0.1) is 10.1 Å². The van der Waals surface area contributed by atoms with Gasteiger partial charge in [0.1, 0.15) is 5.75 Å². The number of benzene rings is 2. The number of carbonyl (C=O) groups excluding carboxylic acids is 1. The van der Waals surface area contributed by atoms with E-state index in [0.29, 0.717) is 17.0 Å². The second-order valence-electron chi connectivity index (χ2n) is 4.64. The van der Waals surface area contributed by atoms with E-state index in [1.807, 2.05) is 6.07 Å². The van der Waals surface area contributed by atoms with Gasteiger partial charge in [-0.1, -0.05) is 30.3 Å². The molecule has 0 bridgehead atoms. The monoisotopic (exact) mass is 313 g/mol. The zero-order chi connectivity index (χ0) is 16.7. The average molecular weight is 313 g/mol. The third-order valence-corrected chi connectivity index (χ3v) is 2.94. The third-order valence-electron chi connectivity index (χ3n) is 2.94. The van der Waals surface area contributed by atoms with Gasteiger partial charge >= 0.3 is 0 Å². The van der Waals surface area contributed by atoms with E-state index in [4.69, 9.17) is 4.74 Å². The standard InChI is InChI=1S/C16H15N3O4/c1-12(13-6-5-7-14(10-13)19(21)22)17-18-16(20)11-23-15-8-3-2-4-9-15/h2-10H,11H2,1H3,(H,18,20). The molecule has 0 atom stereocenters. The van der Waals surface area contributed by atoms with E-state index in [1.54, 1.807) is 43.3 Å². The van der Waals surface area contributed by atoms with Gasteiger partial charge in [0.15, 0.2) is 6.61 Å². The van der Waals surface area contributed by atoms with Gasteiger partial charge in [0.05, 0.1) is 10.6 Å². The predicted octanol–water partition coefficient (Wildman–Crippen LogP) is 2.51. The summed E-state index contributed by atoms with van der Waals surface area (Å²) in [5.74, 6) is 0.167. The van der Waals surface area contributed by atoms with Crippen LogP contribution in [-0.2, 0) is 4.79 Å². The Morgan fingerprint density at radius 2 is 1.96 bits per heavy atom. The summed E-state index contributed by atoms with van der Waals surface area (Å²) in [6.45, 7) is 1.48. The Kier molecular flexibility index (Phi) is 5.40. The first-order chi connectivity index (χ1) is 11.1. The highest BCUT2D eigenvalue weighted by Gasteiger charge is 2.08. The Morgan fingerprint density at radius 1 is 1.22 bits per heavy atom.